The molecule has 0 fully saturated rings. The monoisotopic (exact) mass is 443 g/mol. The van der Waals surface area contributed by atoms with Crippen molar-refractivity contribution in [2.45, 2.75) is 58.4 Å². The van der Waals surface area contributed by atoms with Gasteiger partial charge < -0.3 is 10.2 Å². The van der Waals surface area contributed by atoms with Gasteiger partial charge in [-0.3, -0.25) is 4.99 Å². The highest BCUT2D eigenvalue weighted by atomic mass is 16.4. The number of aliphatic imine (C=N–C) groups is 1. The smallest absolute Gasteiger partial charge is 0.333 e. The molecule has 4 heteroatoms. The van der Waals surface area contributed by atoms with Crippen LogP contribution in [-0.4, -0.2) is 22.4 Å². The predicted molar refractivity (Wildman–Crippen MR) is 135 cm³/mol. The molecule has 0 aliphatic heterocycles. The normalized spacial score (nSPS) is 13.3. The summed E-state index contributed by atoms with van der Waals surface area (Å²) in [6.07, 6.45) is 1.50. The lowest BCUT2D eigenvalue weighted by atomic mass is 9.79. The summed E-state index contributed by atoms with van der Waals surface area (Å²) in [6.45, 7) is 12.5. The zero-order valence-corrected chi connectivity index (χ0v) is 20.3. The fraction of sp³-hybridized carbons (Fsp3) is 0.310. The Bertz CT molecular complexity index is 1170. The van der Waals surface area contributed by atoms with Crippen LogP contribution in [0.25, 0.3) is 11.1 Å². The van der Waals surface area contributed by atoms with E-state index < -0.39 is 12.0 Å². The van der Waals surface area contributed by atoms with E-state index in [0.29, 0.717) is 11.1 Å². The Morgan fingerprint density at radius 1 is 0.879 bits per heavy atom. The Labute approximate surface area is 196 Å². The second-order valence-electron chi connectivity index (χ2n) is 10.4. The highest BCUT2D eigenvalue weighted by Gasteiger charge is 2.26. The number of rotatable bonds is 5. The van der Waals surface area contributed by atoms with Crippen LogP contribution in [0.2, 0.25) is 0 Å². The number of aliphatic carboxylic acids is 1. The van der Waals surface area contributed by atoms with Crippen molar-refractivity contribution in [2.24, 2.45) is 4.99 Å². The molecule has 2 N–H and O–H groups in total. The number of carboxylic acid groups (broad SMARTS) is 1. The summed E-state index contributed by atoms with van der Waals surface area (Å²) in [6, 6.07) is 19.9. The SMILES string of the molecule is CC(C)(C)c1cc(C=NC(C(=O)O)c2ccccc2-c2ccccc2)c(O)c(C(C)(C)C)c1. The highest BCUT2D eigenvalue weighted by Crippen LogP contribution is 2.37. The van der Waals surface area contributed by atoms with Gasteiger partial charge in [-0.2, -0.15) is 0 Å². The summed E-state index contributed by atoms with van der Waals surface area (Å²) < 4.78 is 0. The lowest BCUT2D eigenvalue weighted by molar-refractivity contribution is -0.138. The van der Waals surface area contributed by atoms with E-state index in [9.17, 15) is 15.0 Å². The molecule has 3 aromatic rings. The van der Waals surface area contributed by atoms with Crippen molar-refractivity contribution in [3.63, 3.8) is 0 Å². The largest absolute Gasteiger partial charge is 0.507 e. The summed E-state index contributed by atoms with van der Waals surface area (Å²) >= 11 is 0. The maximum Gasteiger partial charge on any atom is 0.333 e. The van der Waals surface area contributed by atoms with Crippen LogP contribution in [0.5, 0.6) is 5.75 Å². The minimum atomic E-state index is -1.10. The molecule has 0 heterocycles. The molecule has 1 unspecified atom stereocenters. The molecule has 0 saturated carbocycles. The first-order chi connectivity index (χ1) is 15.4. The van der Waals surface area contributed by atoms with Crippen LogP contribution in [-0.2, 0) is 15.6 Å². The first-order valence-corrected chi connectivity index (χ1v) is 11.2. The zero-order chi connectivity index (χ0) is 24.4. The number of carboxylic acids is 1. The van der Waals surface area contributed by atoms with E-state index in [-0.39, 0.29) is 16.6 Å². The standard InChI is InChI=1S/C29H33NO3/c1-28(2,3)21-16-20(26(31)24(17-21)29(4,5)6)18-30-25(27(32)33)23-15-11-10-14-22(23)19-12-8-7-9-13-19/h7-18,25,31H,1-6H3,(H,32,33). The average molecular weight is 444 g/mol. The van der Waals surface area contributed by atoms with Gasteiger partial charge in [0.05, 0.1) is 0 Å². The molecule has 0 saturated heterocycles. The van der Waals surface area contributed by atoms with Gasteiger partial charge in [0.2, 0.25) is 0 Å². The van der Waals surface area contributed by atoms with Crippen LogP contribution in [0.4, 0.5) is 0 Å². The van der Waals surface area contributed by atoms with Crippen LogP contribution in [0, 0.1) is 0 Å². The van der Waals surface area contributed by atoms with Gasteiger partial charge in [-0.15, -0.1) is 0 Å². The van der Waals surface area contributed by atoms with Gasteiger partial charge >= 0.3 is 5.97 Å². The lowest BCUT2D eigenvalue weighted by Gasteiger charge is -2.27. The van der Waals surface area contributed by atoms with E-state index in [4.69, 9.17) is 0 Å². The molecule has 33 heavy (non-hydrogen) atoms. The molecule has 3 aromatic carbocycles. The molecule has 0 amide bonds. The third-order valence-corrected chi connectivity index (χ3v) is 5.75. The van der Waals surface area contributed by atoms with Crippen molar-refractivity contribution in [2.75, 3.05) is 0 Å². The predicted octanol–water partition coefficient (Wildman–Crippen LogP) is 6.90. The van der Waals surface area contributed by atoms with Gasteiger partial charge in [-0.25, -0.2) is 4.79 Å². The third kappa shape index (κ3) is 5.51. The van der Waals surface area contributed by atoms with Crippen LogP contribution in [0.1, 0.15) is 69.8 Å². The van der Waals surface area contributed by atoms with E-state index >= 15 is 0 Å². The van der Waals surface area contributed by atoms with Crippen molar-refractivity contribution in [1.82, 2.24) is 0 Å². The minimum Gasteiger partial charge on any atom is -0.507 e. The number of phenolic OH excluding ortho intramolecular Hbond substituents is 1. The maximum atomic E-state index is 12.3. The van der Waals surface area contributed by atoms with E-state index in [1.807, 2.05) is 81.4 Å². The van der Waals surface area contributed by atoms with Crippen LogP contribution in [0.15, 0.2) is 71.7 Å². The highest BCUT2D eigenvalue weighted by molar-refractivity contribution is 5.89. The number of aromatic hydroxyl groups is 1. The molecule has 0 aliphatic rings. The number of benzene rings is 3. The van der Waals surface area contributed by atoms with Gasteiger partial charge in [0.25, 0.3) is 0 Å². The molecule has 0 aromatic heterocycles. The average Bonchev–Trinajstić information content (AvgIpc) is 2.74. The minimum absolute atomic E-state index is 0.137. The van der Waals surface area contributed by atoms with Crippen molar-refractivity contribution in [3.8, 4) is 16.9 Å². The molecule has 0 bridgehead atoms. The Kier molecular flexibility index (Phi) is 6.78. The molecule has 172 valence electrons. The molecular weight excluding hydrogens is 410 g/mol. The number of hydrogen-bond acceptors (Lipinski definition) is 3. The van der Waals surface area contributed by atoms with Crippen molar-refractivity contribution < 1.29 is 15.0 Å². The van der Waals surface area contributed by atoms with Crippen LogP contribution < -0.4 is 0 Å². The summed E-state index contributed by atoms with van der Waals surface area (Å²) in [4.78, 5) is 16.7. The summed E-state index contributed by atoms with van der Waals surface area (Å²) in [5, 5.41) is 21.1. The Morgan fingerprint density at radius 2 is 1.48 bits per heavy atom. The van der Waals surface area contributed by atoms with Crippen molar-refractivity contribution in [3.05, 3.63) is 89.0 Å². The van der Waals surface area contributed by atoms with E-state index in [1.54, 1.807) is 6.07 Å². The summed E-state index contributed by atoms with van der Waals surface area (Å²) in [7, 11) is 0. The number of phenols is 1. The van der Waals surface area contributed by atoms with Crippen molar-refractivity contribution in [1.29, 1.82) is 0 Å². The van der Waals surface area contributed by atoms with Crippen LogP contribution in [0.3, 0.4) is 0 Å². The van der Waals surface area contributed by atoms with Gasteiger partial charge in [-0.1, -0.05) is 102 Å². The Balaban J connectivity index is 2.13. The van der Waals surface area contributed by atoms with Gasteiger partial charge in [0.15, 0.2) is 6.04 Å². The number of hydrogen-bond donors (Lipinski definition) is 2. The molecule has 0 radical (unpaired) electrons. The second-order valence-corrected chi connectivity index (χ2v) is 10.4. The van der Waals surface area contributed by atoms with Crippen molar-refractivity contribution >= 4 is 12.2 Å². The molecular formula is C29H33NO3. The topological polar surface area (TPSA) is 69.9 Å². The first-order valence-electron chi connectivity index (χ1n) is 11.2. The second kappa shape index (κ2) is 9.22. The van der Waals surface area contributed by atoms with E-state index in [0.717, 1.165) is 22.3 Å². The van der Waals surface area contributed by atoms with Gasteiger partial charge in [0, 0.05) is 17.3 Å². The molecule has 1 atom stereocenters. The fourth-order valence-corrected chi connectivity index (χ4v) is 3.81. The first kappa shape index (κ1) is 24.2. The third-order valence-electron chi connectivity index (χ3n) is 5.75. The molecule has 0 spiro atoms. The maximum absolute atomic E-state index is 12.3. The number of nitrogens with zero attached hydrogens (tertiary/aromatic N) is 1. The molecule has 4 nitrogen and oxygen atoms in total. The molecule has 3 rings (SSSR count). The Morgan fingerprint density at radius 3 is 2.06 bits per heavy atom. The molecule has 0 aliphatic carbocycles. The zero-order valence-electron chi connectivity index (χ0n) is 20.3. The van der Waals surface area contributed by atoms with Gasteiger partial charge in [-0.05, 0) is 39.2 Å². The fourth-order valence-electron chi connectivity index (χ4n) is 3.81. The summed E-state index contributed by atoms with van der Waals surface area (Å²) in [5.41, 5.74) is 4.34. The summed E-state index contributed by atoms with van der Waals surface area (Å²) in [5.74, 6) is -0.906. The quantitative estimate of drug-likeness (QED) is 0.421. The van der Waals surface area contributed by atoms with Gasteiger partial charge in [0.1, 0.15) is 5.75 Å². The Hall–Kier alpha value is -3.40. The number of carbonyl (C=O) groups is 1. The van der Waals surface area contributed by atoms with E-state index in [2.05, 4.69) is 25.8 Å². The lowest BCUT2D eigenvalue weighted by Crippen LogP contribution is -2.17. The van der Waals surface area contributed by atoms with E-state index in [1.165, 1.54) is 6.21 Å². The van der Waals surface area contributed by atoms with Crippen LogP contribution >= 0.6 is 0 Å².